The number of methoxy groups -OCH3 is 1. The first-order valence-corrected chi connectivity index (χ1v) is 7.43. The van der Waals surface area contributed by atoms with E-state index in [9.17, 15) is 9.18 Å². The lowest BCUT2D eigenvalue weighted by atomic mass is 10.2. The van der Waals surface area contributed by atoms with Crippen molar-refractivity contribution in [3.05, 3.63) is 29.6 Å². The molecule has 1 rings (SSSR count). The van der Waals surface area contributed by atoms with Crippen LogP contribution >= 0.6 is 11.8 Å². The molecule has 0 bridgehead atoms. The zero-order valence-electron chi connectivity index (χ0n) is 11.8. The molecule has 0 heterocycles. The van der Waals surface area contributed by atoms with Crippen LogP contribution < -0.4 is 0 Å². The molecule has 7 heteroatoms. The Balaban J connectivity index is 2.16. The van der Waals surface area contributed by atoms with Crippen LogP contribution in [0.15, 0.2) is 23.1 Å². The molecule has 0 spiro atoms. The van der Waals surface area contributed by atoms with Gasteiger partial charge in [-0.15, -0.1) is 11.8 Å². The van der Waals surface area contributed by atoms with Gasteiger partial charge in [0.2, 0.25) is 0 Å². The van der Waals surface area contributed by atoms with Crippen molar-refractivity contribution >= 4 is 17.7 Å². The van der Waals surface area contributed by atoms with Crippen molar-refractivity contribution in [3.8, 4) is 0 Å². The number of carboxylic acids is 1. The lowest BCUT2D eigenvalue weighted by Crippen LogP contribution is -2.09. The Hall–Kier alpha value is -1.15. The summed E-state index contributed by atoms with van der Waals surface area (Å²) in [7, 11) is 1.61. The summed E-state index contributed by atoms with van der Waals surface area (Å²) in [6.07, 6.45) is 0. The topological polar surface area (TPSA) is 65.0 Å². The minimum Gasteiger partial charge on any atom is -0.478 e. The quantitative estimate of drug-likeness (QED) is 0.499. The van der Waals surface area contributed by atoms with Gasteiger partial charge in [-0.1, -0.05) is 0 Å². The Labute approximate surface area is 127 Å². The lowest BCUT2D eigenvalue weighted by Gasteiger charge is -2.06. The summed E-state index contributed by atoms with van der Waals surface area (Å²) >= 11 is 1.42. The van der Waals surface area contributed by atoms with Gasteiger partial charge in [-0.3, -0.25) is 0 Å². The third kappa shape index (κ3) is 7.42. The zero-order chi connectivity index (χ0) is 15.5. The first kappa shape index (κ1) is 17.9. The van der Waals surface area contributed by atoms with Crippen LogP contribution in [0.3, 0.4) is 0 Å². The van der Waals surface area contributed by atoms with E-state index in [4.69, 9.17) is 19.3 Å². The summed E-state index contributed by atoms with van der Waals surface area (Å²) in [5.74, 6) is -1.33. The van der Waals surface area contributed by atoms with Gasteiger partial charge in [0.25, 0.3) is 0 Å². The molecule has 0 aliphatic heterocycles. The van der Waals surface area contributed by atoms with Gasteiger partial charge in [0.1, 0.15) is 5.82 Å². The number of halogens is 1. The minimum absolute atomic E-state index is 0.313. The molecule has 0 radical (unpaired) electrons. The molecule has 0 saturated heterocycles. The number of carboxylic acid groups (broad SMARTS) is 1. The molecule has 21 heavy (non-hydrogen) atoms. The number of thioether (sulfide) groups is 1. The molecule has 0 fully saturated rings. The predicted molar refractivity (Wildman–Crippen MR) is 77.6 cm³/mol. The number of ether oxygens (including phenoxy) is 3. The molecule has 0 atom stereocenters. The van der Waals surface area contributed by atoms with Gasteiger partial charge < -0.3 is 19.3 Å². The summed E-state index contributed by atoms with van der Waals surface area (Å²) < 4.78 is 28.6. The number of aromatic carboxylic acids is 1. The molecule has 1 aromatic rings. The summed E-state index contributed by atoms with van der Waals surface area (Å²) in [6, 6.07) is 4.05. The molecule has 5 nitrogen and oxygen atoms in total. The Kier molecular flexibility index (Phi) is 9.00. The Morgan fingerprint density at radius 3 is 2.52 bits per heavy atom. The van der Waals surface area contributed by atoms with Crippen LogP contribution in [0.5, 0.6) is 0 Å². The highest BCUT2D eigenvalue weighted by Crippen LogP contribution is 2.21. The molecule has 0 aromatic heterocycles. The van der Waals surface area contributed by atoms with Gasteiger partial charge >= 0.3 is 5.97 Å². The van der Waals surface area contributed by atoms with Crippen molar-refractivity contribution in [2.75, 3.05) is 45.9 Å². The summed E-state index contributed by atoms with van der Waals surface area (Å²) in [5, 5.41) is 8.82. The summed E-state index contributed by atoms with van der Waals surface area (Å²) in [5.41, 5.74) is -0.313. The van der Waals surface area contributed by atoms with Crippen molar-refractivity contribution in [2.45, 2.75) is 4.90 Å². The highest BCUT2D eigenvalue weighted by atomic mass is 32.2. The van der Waals surface area contributed by atoms with Crippen LogP contribution in [-0.2, 0) is 14.2 Å². The Morgan fingerprint density at radius 2 is 1.86 bits per heavy atom. The maximum absolute atomic E-state index is 13.2. The van der Waals surface area contributed by atoms with E-state index in [1.807, 2.05) is 0 Å². The zero-order valence-corrected chi connectivity index (χ0v) is 12.7. The molecule has 1 aromatic carbocycles. The molecule has 0 unspecified atom stereocenters. The fraction of sp³-hybridized carbons (Fsp3) is 0.500. The molecule has 0 aliphatic carbocycles. The fourth-order valence-electron chi connectivity index (χ4n) is 1.44. The highest BCUT2D eigenvalue weighted by molar-refractivity contribution is 7.99. The van der Waals surface area contributed by atoms with Crippen LogP contribution in [-0.4, -0.2) is 57.0 Å². The van der Waals surface area contributed by atoms with Crippen LogP contribution in [0.2, 0.25) is 0 Å². The van der Waals surface area contributed by atoms with Gasteiger partial charge in [-0.2, -0.15) is 0 Å². The highest BCUT2D eigenvalue weighted by Gasteiger charge is 2.10. The van der Waals surface area contributed by atoms with Crippen molar-refractivity contribution in [3.63, 3.8) is 0 Å². The van der Waals surface area contributed by atoms with Gasteiger partial charge in [-0.25, -0.2) is 9.18 Å². The van der Waals surface area contributed by atoms with Gasteiger partial charge in [0.05, 0.1) is 38.6 Å². The molecular weight excluding hydrogens is 299 g/mol. The number of benzene rings is 1. The molecule has 0 amide bonds. The van der Waals surface area contributed by atoms with E-state index in [0.29, 0.717) is 43.7 Å². The van der Waals surface area contributed by atoms with Crippen LogP contribution in [0.4, 0.5) is 4.39 Å². The van der Waals surface area contributed by atoms with E-state index < -0.39 is 11.8 Å². The van der Waals surface area contributed by atoms with Crippen molar-refractivity contribution < 1.29 is 28.5 Å². The average Bonchev–Trinajstić information content (AvgIpc) is 2.47. The molecule has 1 N–H and O–H groups in total. The summed E-state index contributed by atoms with van der Waals surface area (Å²) in [4.78, 5) is 11.5. The molecule has 0 saturated carbocycles. The lowest BCUT2D eigenvalue weighted by molar-refractivity contribution is 0.0286. The predicted octanol–water partition coefficient (Wildman–Crippen LogP) is 2.30. The third-order valence-electron chi connectivity index (χ3n) is 2.47. The van der Waals surface area contributed by atoms with Gasteiger partial charge in [0, 0.05) is 17.8 Å². The third-order valence-corrected chi connectivity index (χ3v) is 3.43. The molecule has 118 valence electrons. The van der Waals surface area contributed by atoms with E-state index in [2.05, 4.69) is 0 Å². The second-order valence-electron chi connectivity index (χ2n) is 4.01. The van der Waals surface area contributed by atoms with Crippen LogP contribution in [0.25, 0.3) is 0 Å². The normalized spacial score (nSPS) is 10.8. The van der Waals surface area contributed by atoms with Crippen molar-refractivity contribution in [1.29, 1.82) is 0 Å². The van der Waals surface area contributed by atoms with E-state index >= 15 is 0 Å². The number of carbonyl (C=O) groups is 1. The number of hydrogen-bond acceptors (Lipinski definition) is 5. The second-order valence-corrected chi connectivity index (χ2v) is 5.18. The van der Waals surface area contributed by atoms with E-state index in [1.165, 1.54) is 17.8 Å². The average molecular weight is 318 g/mol. The van der Waals surface area contributed by atoms with E-state index in [-0.39, 0.29) is 5.56 Å². The summed E-state index contributed by atoms with van der Waals surface area (Å²) in [6.45, 7) is 2.62. The van der Waals surface area contributed by atoms with Crippen molar-refractivity contribution in [2.24, 2.45) is 0 Å². The van der Waals surface area contributed by atoms with Gasteiger partial charge in [0.15, 0.2) is 0 Å². The first-order valence-electron chi connectivity index (χ1n) is 6.45. The molecular formula is C14H19FO5S. The smallest absolute Gasteiger partial charge is 0.338 e. The Bertz CT molecular complexity index is 441. The minimum atomic E-state index is -1.26. The molecule has 0 aliphatic rings. The largest absolute Gasteiger partial charge is 0.478 e. The monoisotopic (exact) mass is 318 g/mol. The Morgan fingerprint density at radius 1 is 1.19 bits per heavy atom. The maximum atomic E-state index is 13.2. The van der Waals surface area contributed by atoms with Crippen LogP contribution in [0.1, 0.15) is 10.4 Å². The SMILES string of the molecule is COCCOCCOCCSc1ccc(F)c(C(=O)O)c1. The van der Waals surface area contributed by atoms with Gasteiger partial charge in [-0.05, 0) is 18.2 Å². The second kappa shape index (κ2) is 10.6. The maximum Gasteiger partial charge on any atom is 0.338 e. The van der Waals surface area contributed by atoms with E-state index in [1.54, 1.807) is 13.2 Å². The first-order chi connectivity index (χ1) is 10.1. The van der Waals surface area contributed by atoms with Crippen molar-refractivity contribution in [1.82, 2.24) is 0 Å². The number of rotatable bonds is 11. The van der Waals surface area contributed by atoms with Crippen LogP contribution in [0, 0.1) is 5.82 Å². The number of hydrogen-bond donors (Lipinski definition) is 1. The standard InChI is InChI=1S/C14H19FO5S/c1-18-4-5-19-6-7-20-8-9-21-11-2-3-13(15)12(10-11)14(16)17/h2-3,10H,4-9H2,1H3,(H,16,17). The fourth-order valence-corrected chi connectivity index (χ4v) is 2.24. The van der Waals surface area contributed by atoms with E-state index in [0.717, 1.165) is 6.07 Å².